The smallest absolute Gasteiger partial charge is 0.309 e. The molecular formula is C9H7ClF2INO2. The molecule has 16 heavy (non-hydrogen) atoms. The van der Waals surface area contributed by atoms with Gasteiger partial charge in [-0.2, -0.15) is 0 Å². The number of rotatable bonds is 3. The van der Waals surface area contributed by atoms with Crippen LogP contribution in [0.4, 0.5) is 8.78 Å². The second-order valence-corrected chi connectivity index (χ2v) is 4.27. The summed E-state index contributed by atoms with van der Waals surface area (Å²) < 4.78 is 30.0. The van der Waals surface area contributed by atoms with E-state index in [1.54, 1.807) is 22.6 Å². The fraction of sp³-hybridized carbons (Fsp3) is 0.333. The van der Waals surface area contributed by atoms with Crippen molar-refractivity contribution in [2.45, 2.75) is 12.8 Å². The highest BCUT2D eigenvalue weighted by atomic mass is 127. The Morgan fingerprint density at radius 2 is 2.31 bits per heavy atom. The van der Waals surface area contributed by atoms with Gasteiger partial charge in [0.2, 0.25) is 0 Å². The number of carbonyl (C=O) groups is 1. The van der Waals surface area contributed by atoms with Crippen molar-refractivity contribution in [1.29, 1.82) is 0 Å². The summed E-state index contributed by atoms with van der Waals surface area (Å²) in [6.45, 7) is 0. The van der Waals surface area contributed by atoms with Gasteiger partial charge >= 0.3 is 5.97 Å². The Morgan fingerprint density at radius 3 is 2.81 bits per heavy atom. The molecule has 0 atom stereocenters. The minimum Gasteiger partial charge on any atom is -0.469 e. The van der Waals surface area contributed by atoms with Crippen LogP contribution in [0.3, 0.4) is 0 Å². The van der Waals surface area contributed by atoms with Gasteiger partial charge in [-0.3, -0.25) is 4.79 Å². The van der Waals surface area contributed by atoms with Gasteiger partial charge in [-0.1, -0.05) is 11.6 Å². The Balaban J connectivity index is 3.18. The van der Waals surface area contributed by atoms with E-state index in [-0.39, 0.29) is 26.4 Å². The number of ether oxygens (including phenoxy) is 1. The molecule has 1 rings (SSSR count). The van der Waals surface area contributed by atoms with Gasteiger partial charge in [0.1, 0.15) is 8.85 Å². The van der Waals surface area contributed by atoms with Crippen LogP contribution in [0.1, 0.15) is 17.6 Å². The van der Waals surface area contributed by atoms with Gasteiger partial charge in [-0.05, 0) is 34.2 Å². The molecular weight excluding hydrogens is 354 g/mol. The van der Waals surface area contributed by atoms with Gasteiger partial charge < -0.3 is 4.74 Å². The Morgan fingerprint density at radius 1 is 1.69 bits per heavy atom. The Labute approximate surface area is 109 Å². The van der Waals surface area contributed by atoms with Crippen molar-refractivity contribution in [1.82, 2.24) is 4.98 Å². The van der Waals surface area contributed by atoms with Gasteiger partial charge in [-0.25, -0.2) is 13.8 Å². The van der Waals surface area contributed by atoms with Gasteiger partial charge in [-0.15, -0.1) is 0 Å². The number of esters is 1. The summed E-state index contributed by atoms with van der Waals surface area (Å²) >= 11 is 7.30. The number of alkyl halides is 2. The van der Waals surface area contributed by atoms with E-state index in [0.717, 1.165) is 0 Å². The van der Waals surface area contributed by atoms with Crippen molar-refractivity contribution in [3.8, 4) is 0 Å². The van der Waals surface area contributed by atoms with Crippen molar-refractivity contribution in [2.24, 2.45) is 0 Å². The number of methoxy groups -OCH3 is 1. The Hall–Kier alpha value is -0.500. The largest absolute Gasteiger partial charge is 0.469 e. The molecule has 7 heteroatoms. The van der Waals surface area contributed by atoms with Crippen LogP contribution in [0.5, 0.6) is 0 Å². The van der Waals surface area contributed by atoms with Gasteiger partial charge in [0, 0.05) is 0 Å². The van der Waals surface area contributed by atoms with Crippen LogP contribution in [0.15, 0.2) is 6.07 Å². The maximum atomic E-state index is 12.7. The average Bonchev–Trinajstić information content (AvgIpc) is 2.15. The standard InChI is InChI=1S/C9H7ClF2INO2/c1-16-6(15)3-4-2-5(10)14-9(13)7(4)8(11)12/h2,8H,3H2,1H3. The quantitative estimate of drug-likeness (QED) is 0.472. The molecule has 0 aliphatic rings. The summed E-state index contributed by atoms with van der Waals surface area (Å²) in [4.78, 5) is 14.8. The SMILES string of the molecule is COC(=O)Cc1cc(Cl)nc(I)c1C(F)F. The number of hydrogen-bond donors (Lipinski definition) is 0. The molecule has 0 aliphatic carbocycles. The first-order valence-corrected chi connectivity index (χ1v) is 5.61. The number of nitrogens with zero attached hydrogens (tertiary/aromatic N) is 1. The molecule has 0 amide bonds. The minimum atomic E-state index is -2.70. The fourth-order valence-corrected chi connectivity index (χ4v) is 2.34. The molecule has 88 valence electrons. The number of pyridine rings is 1. The molecule has 3 nitrogen and oxygen atoms in total. The van der Waals surface area contributed by atoms with Crippen LogP contribution in [-0.2, 0) is 16.0 Å². The zero-order chi connectivity index (χ0) is 12.3. The average molecular weight is 362 g/mol. The van der Waals surface area contributed by atoms with Gasteiger partial charge in [0.25, 0.3) is 6.43 Å². The normalized spacial score (nSPS) is 10.6. The predicted octanol–water partition coefficient (Wildman–Crippen LogP) is 2.99. The molecule has 0 unspecified atom stereocenters. The Kier molecular flexibility index (Phi) is 4.85. The summed E-state index contributed by atoms with van der Waals surface area (Å²) in [5.74, 6) is -0.597. The molecule has 1 aromatic heterocycles. The minimum absolute atomic E-state index is 0.0766. The highest BCUT2D eigenvalue weighted by Gasteiger charge is 2.20. The lowest BCUT2D eigenvalue weighted by atomic mass is 10.1. The van der Waals surface area contributed by atoms with E-state index in [1.165, 1.54) is 13.2 Å². The van der Waals surface area contributed by atoms with Crippen LogP contribution < -0.4 is 0 Å². The van der Waals surface area contributed by atoms with Crippen molar-refractivity contribution in [3.05, 3.63) is 26.0 Å². The molecule has 0 bridgehead atoms. The second-order valence-electron chi connectivity index (χ2n) is 2.86. The zero-order valence-corrected chi connectivity index (χ0v) is 11.1. The van der Waals surface area contributed by atoms with Crippen LogP contribution in [-0.4, -0.2) is 18.1 Å². The maximum absolute atomic E-state index is 12.7. The lowest BCUT2D eigenvalue weighted by Gasteiger charge is -2.10. The van der Waals surface area contributed by atoms with E-state index in [9.17, 15) is 13.6 Å². The molecule has 0 saturated carbocycles. The molecule has 0 aromatic carbocycles. The van der Waals surface area contributed by atoms with Gasteiger partial charge in [0.15, 0.2) is 0 Å². The zero-order valence-electron chi connectivity index (χ0n) is 8.14. The molecule has 1 aromatic rings. The van der Waals surface area contributed by atoms with Crippen LogP contribution in [0.2, 0.25) is 5.15 Å². The molecule has 0 N–H and O–H groups in total. The van der Waals surface area contributed by atoms with E-state index in [1.807, 2.05) is 0 Å². The molecule has 0 radical (unpaired) electrons. The second kappa shape index (κ2) is 5.72. The molecule has 0 fully saturated rings. The molecule has 0 aliphatic heterocycles. The van der Waals surface area contributed by atoms with E-state index in [4.69, 9.17) is 11.6 Å². The third-order valence-electron chi connectivity index (χ3n) is 1.85. The lowest BCUT2D eigenvalue weighted by Crippen LogP contribution is -2.09. The third kappa shape index (κ3) is 3.24. The highest BCUT2D eigenvalue weighted by Crippen LogP contribution is 2.29. The lowest BCUT2D eigenvalue weighted by molar-refractivity contribution is -0.139. The molecule has 0 saturated heterocycles. The number of aromatic nitrogens is 1. The van der Waals surface area contributed by atoms with E-state index in [2.05, 4.69) is 9.72 Å². The summed E-state index contributed by atoms with van der Waals surface area (Å²) in [6, 6.07) is 1.25. The summed E-state index contributed by atoms with van der Waals surface area (Å²) in [7, 11) is 1.19. The van der Waals surface area contributed by atoms with E-state index in [0.29, 0.717) is 0 Å². The molecule has 0 spiro atoms. The topological polar surface area (TPSA) is 39.2 Å². The van der Waals surface area contributed by atoms with Crippen molar-refractivity contribution < 1.29 is 18.3 Å². The van der Waals surface area contributed by atoms with Gasteiger partial charge in [0.05, 0.1) is 19.1 Å². The van der Waals surface area contributed by atoms with E-state index < -0.39 is 12.4 Å². The Bertz CT molecular complexity index is 415. The molecule has 1 heterocycles. The fourth-order valence-electron chi connectivity index (χ4n) is 1.14. The van der Waals surface area contributed by atoms with Crippen molar-refractivity contribution >= 4 is 40.2 Å². The predicted molar refractivity (Wildman–Crippen MR) is 62.6 cm³/mol. The van der Waals surface area contributed by atoms with Crippen LogP contribution >= 0.6 is 34.2 Å². The number of carbonyl (C=O) groups excluding carboxylic acids is 1. The first-order valence-electron chi connectivity index (χ1n) is 4.15. The third-order valence-corrected chi connectivity index (χ3v) is 2.86. The number of hydrogen-bond acceptors (Lipinski definition) is 3. The first kappa shape index (κ1) is 13.6. The van der Waals surface area contributed by atoms with Crippen molar-refractivity contribution in [3.63, 3.8) is 0 Å². The van der Waals surface area contributed by atoms with Crippen molar-refractivity contribution in [2.75, 3.05) is 7.11 Å². The summed E-state index contributed by atoms with van der Waals surface area (Å²) in [5.41, 5.74) is -0.123. The number of halogens is 4. The maximum Gasteiger partial charge on any atom is 0.309 e. The first-order chi connectivity index (χ1) is 7.45. The summed E-state index contributed by atoms with van der Waals surface area (Å²) in [5, 5.41) is 0.0766. The van der Waals surface area contributed by atoms with Crippen LogP contribution in [0.25, 0.3) is 0 Å². The monoisotopic (exact) mass is 361 g/mol. The van der Waals surface area contributed by atoms with E-state index >= 15 is 0 Å². The van der Waals surface area contributed by atoms with Crippen LogP contribution in [0, 0.1) is 3.70 Å². The summed E-state index contributed by atoms with van der Waals surface area (Å²) in [6.07, 6.45) is -2.94. The highest BCUT2D eigenvalue weighted by molar-refractivity contribution is 14.1.